The predicted molar refractivity (Wildman–Crippen MR) is 134 cm³/mol. The lowest BCUT2D eigenvalue weighted by Crippen LogP contribution is -2.37. The number of benzene rings is 2. The molecule has 0 bridgehead atoms. The summed E-state index contributed by atoms with van der Waals surface area (Å²) in [4.78, 5) is 18.9. The van der Waals surface area contributed by atoms with E-state index in [0.29, 0.717) is 49.8 Å². The molecule has 1 fully saturated rings. The number of nitrogens with zero attached hydrogens (tertiary/aromatic N) is 5. The van der Waals surface area contributed by atoms with Crippen molar-refractivity contribution in [2.45, 2.75) is 6.92 Å². The number of hydrazone groups is 1. The highest BCUT2D eigenvalue weighted by molar-refractivity contribution is 6.00. The van der Waals surface area contributed by atoms with Crippen molar-refractivity contribution in [3.05, 3.63) is 65.6 Å². The molecule has 3 heterocycles. The van der Waals surface area contributed by atoms with Crippen molar-refractivity contribution in [3.8, 4) is 0 Å². The monoisotopic (exact) mass is 482 g/mol. The van der Waals surface area contributed by atoms with Gasteiger partial charge in [-0.2, -0.15) is 20.1 Å². The lowest BCUT2D eigenvalue weighted by molar-refractivity contribution is 0.122. The summed E-state index contributed by atoms with van der Waals surface area (Å²) in [5, 5.41) is 8.56. The molecule has 1 aliphatic rings. The summed E-state index contributed by atoms with van der Waals surface area (Å²) in [5.74, 6) is 0.831. The molecule has 2 aromatic carbocycles. The molecule has 176 valence electrons. The van der Waals surface area contributed by atoms with Crippen LogP contribution in [0.15, 0.2) is 53.6 Å². The first kappa shape index (κ1) is 23.4. The number of aromatic amines is 1. The summed E-state index contributed by atoms with van der Waals surface area (Å²) < 4.78 is 18.7. The molecule has 5 rings (SSSR count). The van der Waals surface area contributed by atoms with Crippen molar-refractivity contribution >= 4 is 53.1 Å². The number of rotatable bonds is 6. The topological polar surface area (TPSA) is 103 Å². The van der Waals surface area contributed by atoms with Gasteiger partial charge in [0, 0.05) is 40.9 Å². The molecule has 4 aromatic rings. The van der Waals surface area contributed by atoms with Crippen LogP contribution < -0.4 is 15.6 Å². The summed E-state index contributed by atoms with van der Waals surface area (Å²) >= 11 is 0. The standard InChI is InChI=1S/C23H23FN8O.ClH/c1-15-19(18-4-2-3-5-20(18)26-15)14-25-31-22-28-21(27-17-8-6-16(24)7-9-17)29-23(30-22)32-10-12-33-13-11-32;/h2-9,14,26H,10-13H2,1H3,(H2,27,28,29,30,31);1H. The molecule has 34 heavy (non-hydrogen) atoms. The first-order valence-electron chi connectivity index (χ1n) is 10.6. The van der Waals surface area contributed by atoms with Gasteiger partial charge >= 0.3 is 0 Å². The second-order valence-corrected chi connectivity index (χ2v) is 7.59. The quantitative estimate of drug-likeness (QED) is 0.279. The first-order valence-corrected chi connectivity index (χ1v) is 10.6. The van der Waals surface area contributed by atoms with Crippen molar-refractivity contribution in [1.29, 1.82) is 0 Å². The molecular formula is C23H24ClFN8O. The van der Waals surface area contributed by atoms with Crippen LogP contribution in [0.3, 0.4) is 0 Å². The fraction of sp³-hybridized carbons (Fsp3) is 0.217. The second kappa shape index (κ2) is 10.4. The van der Waals surface area contributed by atoms with E-state index in [-0.39, 0.29) is 18.2 Å². The van der Waals surface area contributed by atoms with Gasteiger partial charge in [0.1, 0.15) is 5.82 Å². The Balaban J connectivity index is 0.00000274. The Kier molecular flexibility index (Phi) is 7.19. The molecule has 0 radical (unpaired) electrons. The molecule has 0 amide bonds. The Bertz CT molecular complexity index is 1290. The number of ether oxygens (including phenoxy) is 1. The van der Waals surface area contributed by atoms with Gasteiger partial charge < -0.3 is 19.9 Å². The zero-order valence-corrected chi connectivity index (χ0v) is 19.3. The van der Waals surface area contributed by atoms with E-state index in [4.69, 9.17) is 4.74 Å². The number of fused-ring (bicyclic) bond motifs is 1. The van der Waals surface area contributed by atoms with Gasteiger partial charge in [-0.25, -0.2) is 9.82 Å². The van der Waals surface area contributed by atoms with E-state index in [1.807, 2.05) is 36.1 Å². The lowest BCUT2D eigenvalue weighted by Gasteiger charge is -2.27. The van der Waals surface area contributed by atoms with Gasteiger partial charge in [0.15, 0.2) is 0 Å². The smallest absolute Gasteiger partial charge is 0.250 e. The second-order valence-electron chi connectivity index (χ2n) is 7.59. The highest BCUT2D eigenvalue weighted by Crippen LogP contribution is 2.21. The maximum atomic E-state index is 13.3. The molecule has 1 aliphatic heterocycles. The molecule has 0 aliphatic carbocycles. The van der Waals surface area contributed by atoms with E-state index in [2.05, 4.69) is 35.8 Å². The zero-order chi connectivity index (χ0) is 22.6. The maximum Gasteiger partial charge on any atom is 0.250 e. The highest BCUT2D eigenvalue weighted by Gasteiger charge is 2.17. The molecule has 11 heteroatoms. The molecule has 0 saturated carbocycles. The van der Waals surface area contributed by atoms with Gasteiger partial charge in [0.05, 0.1) is 19.4 Å². The molecule has 1 saturated heterocycles. The largest absolute Gasteiger partial charge is 0.378 e. The Morgan fingerprint density at radius 2 is 1.76 bits per heavy atom. The lowest BCUT2D eigenvalue weighted by atomic mass is 10.1. The molecule has 0 atom stereocenters. The van der Waals surface area contributed by atoms with Crippen LogP contribution in [0.5, 0.6) is 0 Å². The number of H-pyrrole nitrogens is 1. The van der Waals surface area contributed by atoms with Crippen molar-refractivity contribution in [2.24, 2.45) is 5.10 Å². The summed E-state index contributed by atoms with van der Waals surface area (Å²) in [6, 6.07) is 14.1. The normalized spacial score (nSPS) is 13.8. The predicted octanol–water partition coefficient (Wildman–Crippen LogP) is 4.25. The maximum absolute atomic E-state index is 13.3. The van der Waals surface area contributed by atoms with Crippen LogP contribution in [0.4, 0.5) is 27.9 Å². The number of hydrogen-bond donors (Lipinski definition) is 3. The minimum absolute atomic E-state index is 0. The highest BCUT2D eigenvalue weighted by atomic mass is 35.5. The Hall–Kier alpha value is -3.76. The van der Waals surface area contributed by atoms with Crippen molar-refractivity contribution in [1.82, 2.24) is 19.9 Å². The van der Waals surface area contributed by atoms with Gasteiger partial charge in [-0.1, -0.05) is 18.2 Å². The van der Waals surface area contributed by atoms with Crippen LogP contribution >= 0.6 is 12.4 Å². The van der Waals surface area contributed by atoms with Crippen LogP contribution in [0.1, 0.15) is 11.3 Å². The number of halogens is 2. The van der Waals surface area contributed by atoms with Gasteiger partial charge in [0.25, 0.3) is 0 Å². The number of morpholine rings is 1. The van der Waals surface area contributed by atoms with Crippen LogP contribution in [-0.2, 0) is 4.74 Å². The number of aromatic nitrogens is 4. The summed E-state index contributed by atoms with van der Waals surface area (Å²) in [7, 11) is 0. The van der Waals surface area contributed by atoms with Crippen molar-refractivity contribution < 1.29 is 9.13 Å². The SMILES string of the molecule is Cc1[nH]c2ccccc2c1C=NNc1nc(Nc2ccc(F)cc2)nc(N2CCOCC2)n1.Cl. The number of anilines is 4. The number of aryl methyl sites for hydroxylation is 1. The van der Waals surface area contributed by atoms with Gasteiger partial charge in [-0.15, -0.1) is 12.4 Å². The van der Waals surface area contributed by atoms with Crippen LogP contribution in [-0.4, -0.2) is 52.5 Å². The molecule has 2 aromatic heterocycles. The van der Waals surface area contributed by atoms with Gasteiger partial charge in [0.2, 0.25) is 17.8 Å². The van der Waals surface area contributed by atoms with E-state index in [0.717, 1.165) is 22.2 Å². The summed E-state index contributed by atoms with van der Waals surface area (Å²) in [6.07, 6.45) is 1.75. The first-order chi connectivity index (χ1) is 16.2. The van der Waals surface area contributed by atoms with Crippen LogP contribution in [0, 0.1) is 12.7 Å². The van der Waals surface area contributed by atoms with E-state index >= 15 is 0 Å². The van der Waals surface area contributed by atoms with Crippen LogP contribution in [0.25, 0.3) is 10.9 Å². The fourth-order valence-corrected chi connectivity index (χ4v) is 3.66. The molecule has 3 N–H and O–H groups in total. The average Bonchev–Trinajstić information content (AvgIpc) is 3.16. The minimum Gasteiger partial charge on any atom is -0.378 e. The zero-order valence-electron chi connectivity index (χ0n) is 18.5. The molecule has 0 spiro atoms. The summed E-state index contributed by atoms with van der Waals surface area (Å²) in [5.41, 5.74) is 6.65. The van der Waals surface area contributed by atoms with Crippen molar-refractivity contribution in [2.75, 3.05) is 41.9 Å². The Morgan fingerprint density at radius 3 is 2.56 bits per heavy atom. The minimum atomic E-state index is -0.311. The fourth-order valence-electron chi connectivity index (χ4n) is 3.66. The third kappa shape index (κ3) is 5.24. The number of nitrogens with one attached hydrogen (secondary N) is 3. The van der Waals surface area contributed by atoms with E-state index in [9.17, 15) is 4.39 Å². The van der Waals surface area contributed by atoms with Crippen molar-refractivity contribution in [3.63, 3.8) is 0 Å². The Morgan fingerprint density at radius 1 is 1.03 bits per heavy atom. The van der Waals surface area contributed by atoms with Gasteiger partial charge in [-0.3, -0.25) is 0 Å². The van der Waals surface area contributed by atoms with E-state index in [1.54, 1.807) is 18.3 Å². The van der Waals surface area contributed by atoms with Gasteiger partial charge in [-0.05, 0) is 37.3 Å². The van der Waals surface area contributed by atoms with E-state index in [1.165, 1.54) is 12.1 Å². The summed E-state index contributed by atoms with van der Waals surface area (Å²) in [6.45, 7) is 4.57. The average molecular weight is 483 g/mol. The number of hydrogen-bond acceptors (Lipinski definition) is 8. The van der Waals surface area contributed by atoms with E-state index < -0.39 is 0 Å². The Labute approximate surface area is 201 Å². The molecule has 0 unspecified atom stereocenters. The third-order valence-electron chi connectivity index (χ3n) is 5.32. The molecule has 9 nitrogen and oxygen atoms in total. The van der Waals surface area contributed by atoms with Crippen LogP contribution in [0.2, 0.25) is 0 Å². The third-order valence-corrected chi connectivity index (χ3v) is 5.32. The molecular weight excluding hydrogens is 459 g/mol. The number of para-hydroxylation sites is 1.